The van der Waals surface area contributed by atoms with Gasteiger partial charge in [0.15, 0.2) is 0 Å². The highest BCUT2D eigenvalue weighted by atomic mass is 32.1. The van der Waals surface area contributed by atoms with E-state index < -0.39 is 0 Å². The molecule has 2 nitrogen and oxygen atoms in total. The molecule has 0 aliphatic heterocycles. The molecule has 0 saturated heterocycles. The van der Waals surface area contributed by atoms with Crippen LogP contribution in [0.1, 0.15) is 20.8 Å². The van der Waals surface area contributed by atoms with Crippen LogP contribution < -0.4 is 0 Å². The van der Waals surface area contributed by atoms with Crippen LogP contribution >= 0.6 is 12.2 Å². The lowest BCUT2D eigenvalue weighted by Crippen LogP contribution is -2.04. The first-order chi connectivity index (χ1) is 5.13. The average Bonchev–Trinajstić information content (AvgIpc) is 1.88. The summed E-state index contributed by atoms with van der Waals surface area (Å²) in [5, 5.41) is 8.92. The fourth-order valence-electron chi connectivity index (χ4n) is 0.565. The van der Waals surface area contributed by atoms with Gasteiger partial charge < -0.3 is 4.74 Å². The summed E-state index contributed by atoms with van der Waals surface area (Å²) >= 11 is 4.85. The number of hydrogen-bond donors (Lipinski definition) is 0. The van der Waals surface area contributed by atoms with E-state index >= 15 is 0 Å². The molecule has 0 amide bonds. The zero-order valence-corrected chi connectivity index (χ0v) is 7.79. The molecule has 0 heterocycles. The van der Waals surface area contributed by atoms with E-state index in [0.717, 1.165) is 5.57 Å². The van der Waals surface area contributed by atoms with Gasteiger partial charge in [0.05, 0.1) is 6.61 Å². The van der Waals surface area contributed by atoms with Crippen LogP contribution in [-0.4, -0.2) is 11.7 Å². The van der Waals surface area contributed by atoms with Crippen molar-refractivity contribution in [3.63, 3.8) is 0 Å². The lowest BCUT2D eigenvalue weighted by Gasteiger charge is -2.03. The van der Waals surface area contributed by atoms with Crippen LogP contribution in [-0.2, 0) is 4.74 Å². The van der Waals surface area contributed by atoms with E-state index in [1.807, 2.05) is 26.8 Å². The molecule has 0 radical (unpaired) electrons. The van der Waals surface area contributed by atoms with Gasteiger partial charge >= 0.3 is 0 Å². The zero-order valence-electron chi connectivity index (χ0n) is 6.97. The smallest absolute Gasteiger partial charge is 0.201 e. The van der Waals surface area contributed by atoms with Crippen LogP contribution in [0.15, 0.2) is 11.1 Å². The Hall–Kier alpha value is -0.880. The lowest BCUT2D eigenvalue weighted by molar-refractivity contribution is 0.337. The molecule has 0 N–H and O–H groups in total. The molecule has 0 atom stereocenters. The molecule has 3 heteroatoms. The van der Waals surface area contributed by atoms with Gasteiger partial charge in [-0.2, -0.15) is 5.26 Å². The molecule has 11 heavy (non-hydrogen) atoms. The van der Waals surface area contributed by atoms with Crippen molar-refractivity contribution in [1.82, 2.24) is 0 Å². The minimum Gasteiger partial charge on any atom is -0.483 e. The molecule has 0 saturated carbocycles. The highest BCUT2D eigenvalue weighted by Crippen LogP contribution is 2.05. The van der Waals surface area contributed by atoms with Crippen LogP contribution in [0, 0.1) is 11.3 Å². The normalized spacial score (nSPS) is 8.18. The summed E-state index contributed by atoms with van der Waals surface area (Å²) < 4.78 is 5.01. The van der Waals surface area contributed by atoms with Crippen molar-refractivity contribution >= 4 is 17.3 Å². The predicted octanol–water partition coefficient (Wildman–Crippen LogP) is 2.21. The fraction of sp³-hybridized carbons (Fsp3) is 0.500. The molecule has 0 aromatic heterocycles. The van der Waals surface area contributed by atoms with Crippen molar-refractivity contribution in [1.29, 1.82) is 5.26 Å². The van der Waals surface area contributed by atoms with Crippen LogP contribution in [0.4, 0.5) is 0 Å². The molecular formula is C8H11NOS. The van der Waals surface area contributed by atoms with Crippen molar-refractivity contribution in [3.8, 4) is 6.07 Å². The predicted molar refractivity (Wildman–Crippen MR) is 48.2 cm³/mol. The third-order valence-electron chi connectivity index (χ3n) is 1.09. The van der Waals surface area contributed by atoms with E-state index in [9.17, 15) is 0 Å². The van der Waals surface area contributed by atoms with E-state index in [-0.39, 0.29) is 0 Å². The Balaban J connectivity index is 4.45. The fourth-order valence-corrected chi connectivity index (χ4v) is 0.932. The van der Waals surface area contributed by atoms with Gasteiger partial charge in [0.25, 0.3) is 0 Å². The van der Waals surface area contributed by atoms with E-state index in [2.05, 4.69) is 0 Å². The van der Waals surface area contributed by atoms with E-state index in [1.54, 1.807) is 0 Å². The van der Waals surface area contributed by atoms with Crippen molar-refractivity contribution in [3.05, 3.63) is 11.1 Å². The summed E-state index contributed by atoms with van der Waals surface area (Å²) in [4.78, 5) is 0. The second kappa shape index (κ2) is 4.86. The van der Waals surface area contributed by atoms with Crippen molar-refractivity contribution < 1.29 is 4.74 Å². The van der Waals surface area contributed by atoms with E-state index in [0.29, 0.717) is 17.2 Å². The first-order valence-corrected chi connectivity index (χ1v) is 3.79. The number of ether oxygens (including phenoxy) is 1. The standard InChI is InChI=1S/C8H11NOS/c1-4-10-8(11)7(5-9)6(2)3/h4H2,1-3H3. The van der Waals surface area contributed by atoms with Crippen molar-refractivity contribution in [2.24, 2.45) is 0 Å². The van der Waals surface area contributed by atoms with Gasteiger partial charge in [-0.15, -0.1) is 0 Å². The molecule has 0 aliphatic rings. The molecule has 0 aromatic rings. The van der Waals surface area contributed by atoms with Gasteiger partial charge in [-0.1, -0.05) is 5.57 Å². The van der Waals surface area contributed by atoms with Gasteiger partial charge in [-0.3, -0.25) is 0 Å². The zero-order chi connectivity index (χ0) is 8.85. The molecule has 0 bridgehead atoms. The highest BCUT2D eigenvalue weighted by molar-refractivity contribution is 7.80. The second-order valence-corrected chi connectivity index (χ2v) is 2.58. The SMILES string of the molecule is CCOC(=S)C(C#N)=C(C)C. The lowest BCUT2D eigenvalue weighted by atomic mass is 10.2. The molecule has 0 rings (SSSR count). The maximum atomic E-state index is 8.62. The van der Waals surface area contributed by atoms with Gasteiger partial charge in [-0.25, -0.2) is 0 Å². The van der Waals surface area contributed by atoms with Crippen LogP contribution in [0.25, 0.3) is 0 Å². The van der Waals surface area contributed by atoms with Gasteiger partial charge in [0.2, 0.25) is 5.05 Å². The number of thiocarbonyl (C=S) groups is 1. The molecule has 0 spiro atoms. The van der Waals surface area contributed by atoms with E-state index in [1.165, 1.54) is 0 Å². The summed E-state index contributed by atoms with van der Waals surface area (Å²) in [7, 11) is 0. The van der Waals surface area contributed by atoms with E-state index in [4.69, 9.17) is 22.2 Å². The Morgan fingerprint density at radius 1 is 1.55 bits per heavy atom. The number of rotatable bonds is 2. The van der Waals surface area contributed by atoms with Gasteiger partial charge in [-0.05, 0) is 33.0 Å². The van der Waals surface area contributed by atoms with Crippen LogP contribution in [0.5, 0.6) is 0 Å². The third kappa shape index (κ3) is 3.15. The Labute approximate surface area is 72.5 Å². The first kappa shape index (κ1) is 10.1. The maximum Gasteiger partial charge on any atom is 0.201 e. The van der Waals surface area contributed by atoms with Gasteiger partial charge in [0.1, 0.15) is 11.6 Å². The third-order valence-corrected chi connectivity index (χ3v) is 1.41. The quantitative estimate of drug-likeness (QED) is 0.361. The Morgan fingerprint density at radius 2 is 2.09 bits per heavy atom. The topological polar surface area (TPSA) is 33.0 Å². The summed E-state index contributed by atoms with van der Waals surface area (Å²) in [6.07, 6.45) is 0. The largest absolute Gasteiger partial charge is 0.483 e. The molecule has 0 unspecified atom stereocenters. The molecular weight excluding hydrogens is 158 g/mol. The summed E-state index contributed by atoms with van der Waals surface area (Å²) in [6, 6.07) is 2.00. The first-order valence-electron chi connectivity index (χ1n) is 3.38. The van der Waals surface area contributed by atoms with Crippen LogP contribution in [0.3, 0.4) is 0 Å². The summed E-state index contributed by atoms with van der Waals surface area (Å²) in [5.41, 5.74) is 1.37. The second-order valence-electron chi connectivity index (χ2n) is 2.21. The van der Waals surface area contributed by atoms with Crippen molar-refractivity contribution in [2.45, 2.75) is 20.8 Å². The molecule has 0 fully saturated rings. The minimum absolute atomic E-state index is 0.301. The Morgan fingerprint density at radius 3 is 2.36 bits per heavy atom. The maximum absolute atomic E-state index is 8.62. The molecule has 0 aromatic carbocycles. The van der Waals surface area contributed by atoms with Crippen molar-refractivity contribution in [2.75, 3.05) is 6.61 Å². The average molecular weight is 169 g/mol. The number of nitrogens with zero attached hydrogens (tertiary/aromatic N) is 1. The monoisotopic (exact) mass is 169 g/mol. The van der Waals surface area contributed by atoms with Gasteiger partial charge in [0, 0.05) is 0 Å². The Kier molecular flexibility index (Phi) is 4.47. The number of allylic oxidation sites excluding steroid dienone is 1. The number of nitriles is 1. The summed E-state index contributed by atoms with van der Waals surface area (Å²) in [6.45, 7) is 6.03. The summed E-state index contributed by atoms with van der Waals surface area (Å²) in [5.74, 6) is 0. The molecule has 0 aliphatic carbocycles. The highest BCUT2D eigenvalue weighted by Gasteiger charge is 2.05. The number of hydrogen-bond acceptors (Lipinski definition) is 3. The minimum atomic E-state index is 0.301. The Bertz CT molecular complexity index is 221. The molecule has 60 valence electrons. The van der Waals surface area contributed by atoms with Crippen LogP contribution in [0.2, 0.25) is 0 Å².